The molecule has 5 nitrogen and oxygen atoms in total. The van der Waals surface area contributed by atoms with Crippen molar-refractivity contribution in [2.24, 2.45) is 16.8 Å². The van der Waals surface area contributed by atoms with Crippen molar-refractivity contribution in [3.8, 4) is 0 Å². The Bertz CT molecular complexity index is 829. The van der Waals surface area contributed by atoms with Crippen molar-refractivity contribution < 1.29 is 14.0 Å². The summed E-state index contributed by atoms with van der Waals surface area (Å²) < 4.78 is 12.6. The van der Waals surface area contributed by atoms with E-state index < -0.39 is 4.75 Å². The zero-order valence-corrected chi connectivity index (χ0v) is 18.5. The molecule has 3 aliphatic rings. The second-order valence-electron chi connectivity index (χ2n) is 8.91. The lowest BCUT2D eigenvalue weighted by Crippen LogP contribution is -2.44. The van der Waals surface area contributed by atoms with Gasteiger partial charge in [0, 0.05) is 19.0 Å². The molecular formula is C23H30FN3O2S. The number of amides is 2. The third-order valence-electron chi connectivity index (χ3n) is 6.92. The number of amidine groups is 1. The molecule has 2 amide bonds. The number of thioether (sulfide) groups is 1. The van der Waals surface area contributed by atoms with E-state index in [4.69, 9.17) is 0 Å². The smallest absolute Gasteiger partial charge is 0.242 e. The number of hydrogen-bond acceptors (Lipinski definition) is 4. The van der Waals surface area contributed by atoms with Gasteiger partial charge in [-0.25, -0.2) is 4.39 Å². The number of aliphatic imine (C=N–C) groups is 1. The van der Waals surface area contributed by atoms with Crippen molar-refractivity contribution >= 4 is 28.7 Å². The second kappa shape index (κ2) is 8.69. The van der Waals surface area contributed by atoms with Crippen molar-refractivity contribution in [1.82, 2.24) is 10.2 Å². The van der Waals surface area contributed by atoms with Crippen LogP contribution in [-0.4, -0.2) is 39.7 Å². The lowest BCUT2D eigenvalue weighted by Gasteiger charge is -2.36. The number of halogens is 1. The number of carbonyl (C=O) groups excluding carboxylic acids is 2. The number of hydrogen-bond donors (Lipinski definition) is 1. The van der Waals surface area contributed by atoms with E-state index in [0.29, 0.717) is 11.1 Å². The molecule has 0 radical (unpaired) electrons. The summed E-state index contributed by atoms with van der Waals surface area (Å²) >= 11 is 1.51. The van der Waals surface area contributed by atoms with Gasteiger partial charge in [0.2, 0.25) is 11.8 Å². The predicted molar refractivity (Wildman–Crippen MR) is 118 cm³/mol. The maximum Gasteiger partial charge on any atom is 0.242 e. The second-order valence-corrected chi connectivity index (χ2v) is 10.3. The fraction of sp³-hybridized carbons (Fsp3) is 0.609. The number of nitrogens with zero attached hydrogens (tertiary/aromatic N) is 2. The standard InChI is InChI=1S/C23H30FN3O2S/c1-15(16-7-11-19(24)12-8-16)25-22-26-21(29)23(2,30-22)18-9-5-17(6-10-18)20(28)27-13-3-4-14-27/h7-8,11-12,15,17-18H,3-6,9-10,13-14H2,1-2H3,(H,25,26,29)/t15-,17?,18?,23?/m0/s1. The summed E-state index contributed by atoms with van der Waals surface area (Å²) in [4.78, 5) is 32.3. The molecule has 2 heterocycles. The van der Waals surface area contributed by atoms with E-state index in [9.17, 15) is 14.0 Å². The third-order valence-corrected chi connectivity index (χ3v) is 8.26. The van der Waals surface area contributed by atoms with Gasteiger partial charge in [0.15, 0.2) is 5.17 Å². The number of benzene rings is 1. The largest absolute Gasteiger partial charge is 0.342 e. The monoisotopic (exact) mass is 431 g/mol. The van der Waals surface area contributed by atoms with Crippen LogP contribution in [0.15, 0.2) is 29.3 Å². The highest BCUT2D eigenvalue weighted by molar-refractivity contribution is 8.16. The minimum atomic E-state index is -0.553. The molecular weight excluding hydrogens is 401 g/mol. The van der Waals surface area contributed by atoms with Crippen molar-refractivity contribution in [2.45, 2.75) is 63.2 Å². The van der Waals surface area contributed by atoms with Crippen molar-refractivity contribution in [2.75, 3.05) is 13.1 Å². The van der Waals surface area contributed by atoms with E-state index >= 15 is 0 Å². The van der Waals surface area contributed by atoms with E-state index in [1.54, 1.807) is 12.1 Å². The Morgan fingerprint density at radius 2 is 1.83 bits per heavy atom. The first-order valence-electron chi connectivity index (χ1n) is 11.0. The highest BCUT2D eigenvalue weighted by atomic mass is 32.2. The van der Waals surface area contributed by atoms with Gasteiger partial charge in [-0.2, -0.15) is 0 Å². The van der Waals surface area contributed by atoms with Crippen LogP contribution in [0.4, 0.5) is 4.39 Å². The van der Waals surface area contributed by atoms with Gasteiger partial charge < -0.3 is 10.2 Å². The van der Waals surface area contributed by atoms with Gasteiger partial charge in [-0.15, -0.1) is 0 Å². The minimum Gasteiger partial charge on any atom is -0.342 e. The first-order valence-corrected chi connectivity index (χ1v) is 11.8. The Balaban J connectivity index is 1.38. The normalized spacial score (nSPS) is 31.8. The molecule has 1 N–H and O–H groups in total. The van der Waals surface area contributed by atoms with Crippen LogP contribution >= 0.6 is 11.8 Å². The maximum absolute atomic E-state index is 13.2. The SMILES string of the molecule is C[C@H](N=C1NC(=O)C(C)(C2CCC(C(=O)N3CCCC3)CC2)S1)c1ccc(F)cc1. The molecule has 2 aliphatic heterocycles. The van der Waals surface area contributed by atoms with Gasteiger partial charge >= 0.3 is 0 Å². The van der Waals surface area contributed by atoms with Gasteiger partial charge in [0.25, 0.3) is 0 Å². The molecule has 1 unspecified atom stereocenters. The lowest BCUT2D eigenvalue weighted by molar-refractivity contribution is -0.135. The summed E-state index contributed by atoms with van der Waals surface area (Å²) in [5, 5.41) is 3.59. The van der Waals surface area contributed by atoms with Crippen molar-refractivity contribution in [3.05, 3.63) is 35.6 Å². The van der Waals surface area contributed by atoms with E-state index in [-0.39, 0.29) is 29.6 Å². The molecule has 2 atom stereocenters. The quantitative estimate of drug-likeness (QED) is 0.773. The first-order chi connectivity index (χ1) is 14.4. The Hall–Kier alpha value is -1.89. The van der Waals surface area contributed by atoms with Crippen molar-refractivity contribution in [3.63, 3.8) is 0 Å². The molecule has 1 saturated carbocycles. The van der Waals surface area contributed by atoms with Crippen molar-refractivity contribution in [1.29, 1.82) is 0 Å². The number of carbonyl (C=O) groups is 2. The average molecular weight is 432 g/mol. The first kappa shape index (κ1) is 21.3. The van der Waals surface area contributed by atoms with Crippen LogP contribution in [0.1, 0.15) is 64.0 Å². The number of likely N-dealkylation sites (tertiary alicyclic amines) is 1. The summed E-state index contributed by atoms with van der Waals surface area (Å²) in [5.74, 6) is 0.401. The summed E-state index contributed by atoms with van der Waals surface area (Å²) in [6, 6.07) is 6.15. The van der Waals surface area contributed by atoms with E-state index in [1.165, 1.54) is 23.9 Å². The molecule has 2 saturated heterocycles. The van der Waals surface area contributed by atoms with Gasteiger partial charge in [-0.1, -0.05) is 23.9 Å². The van der Waals surface area contributed by atoms with E-state index in [0.717, 1.165) is 57.2 Å². The highest BCUT2D eigenvalue weighted by Gasteiger charge is 2.49. The fourth-order valence-corrected chi connectivity index (χ4v) is 6.20. The maximum atomic E-state index is 13.2. The molecule has 3 fully saturated rings. The van der Waals surface area contributed by atoms with Crippen LogP contribution in [0.25, 0.3) is 0 Å². The number of rotatable bonds is 4. The van der Waals surface area contributed by atoms with Crippen LogP contribution in [0.5, 0.6) is 0 Å². The van der Waals surface area contributed by atoms with E-state index in [2.05, 4.69) is 10.3 Å². The summed E-state index contributed by atoms with van der Waals surface area (Å²) in [6.07, 6.45) is 5.75. The Labute approximate surface area is 181 Å². The number of nitrogens with one attached hydrogen (secondary N) is 1. The zero-order valence-electron chi connectivity index (χ0n) is 17.7. The molecule has 0 bridgehead atoms. The van der Waals surface area contributed by atoms with Crippen LogP contribution < -0.4 is 5.32 Å². The summed E-state index contributed by atoms with van der Waals surface area (Å²) in [5.41, 5.74) is 0.910. The Morgan fingerprint density at radius 1 is 1.20 bits per heavy atom. The van der Waals surface area contributed by atoms with Gasteiger partial charge in [0.05, 0.1) is 6.04 Å². The molecule has 4 rings (SSSR count). The van der Waals surface area contributed by atoms with Crippen LogP contribution in [-0.2, 0) is 9.59 Å². The molecule has 1 aromatic rings. The molecule has 1 aromatic carbocycles. The molecule has 1 aliphatic carbocycles. The van der Waals surface area contributed by atoms with Crippen LogP contribution in [0.3, 0.4) is 0 Å². The molecule has 0 aromatic heterocycles. The predicted octanol–water partition coefficient (Wildman–Crippen LogP) is 4.29. The van der Waals surface area contributed by atoms with Gasteiger partial charge in [-0.05, 0) is 76.0 Å². The Morgan fingerprint density at radius 3 is 2.47 bits per heavy atom. The lowest BCUT2D eigenvalue weighted by atomic mass is 9.75. The summed E-state index contributed by atoms with van der Waals surface area (Å²) in [7, 11) is 0. The zero-order chi connectivity index (χ0) is 21.3. The van der Waals surface area contributed by atoms with E-state index in [1.807, 2.05) is 18.7 Å². The van der Waals surface area contributed by atoms with Crippen LogP contribution in [0, 0.1) is 17.7 Å². The molecule has 7 heteroatoms. The minimum absolute atomic E-state index is 0.00637. The average Bonchev–Trinajstić information content (AvgIpc) is 3.37. The molecule has 0 spiro atoms. The van der Waals surface area contributed by atoms with Gasteiger partial charge in [0.1, 0.15) is 10.6 Å². The topological polar surface area (TPSA) is 61.8 Å². The molecule has 162 valence electrons. The third kappa shape index (κ3) is 4.27. The van der Waals surface area contributed by atoms with Crippen LogP contribution in [0.2, 0.25) is 0 Å². The highest BCUT2D eigenvalue weighted by Crippen LogP contribution is 2.46. The Kier molecular flexibility index (Phi) is 6.19. The summed E-state index contributed by atoms with van der Waals surface area (Å²) in [6.45, 7) is 5.75. The van der Waals surface area contributed by atoms with Gasteiger partial charge in [-0.3, -0.25) is 14.6 Å². The fourth-order valence-electron chi connectivity index (χ4n) is 4.90. The molecule has 30 heavy (non-hydrogen) atoms.